The van der Waals surface area contributed by atoms with Crippen LogP contribution in [0.5, 0.6) is 0 Å². The van der Waals surface area contributed by atoms with Crippen molar-refractivity contribution in [3.05, 3.63) is 90.0 Å². The molecule has 0 aliphatic heterocycles. The summed E-state index contributed by atoms with van der Waals surface area (Å²) in [4.78, 5) is 26.4. The zero-order valence-electron chi connectivity index (χ0n) is 15.4. The first-order chi connectivity index (χ1) is 14.4. The Morgan fingerprint density at radius 3 is 2.20 bits per heavy atom. The Balaban J connectivity index is 0.000000269. The highest BCUT2D eigenvalue weighted by Gasteiger charge is 2.11. The molecule has 0 aliphatic carbocycles. The average molecular weight is 640 g/mol. The van der Waals surface area contributed by atoms with Crippen LogP contribution in [0.2, 0.25) is 0 Å². The van der Waals surface area contributed by atoms with Crippen LogP contribution in [0.4, 0.5) is 22.7 Å². The van der Waals surface area contributed by atoms with Crippen molar-refractivity contribution in [1.82, 2.24) is 15.3 Å². The van der Waals surface area contributed by atoms with Crippen LogP contribution < -0.4 is 10.6 Å². The third-order valence-corrected chi connectivity index (χ3v) is 5.29. The summed E-state index contributed by atoms with van der Waals surface area (Å²) in [6.45, 7) is 13.9. The van der Waals surface area contributed by atoms with Gasteiger partial charge in [-0.2, -0.15) is 0 Å². The first-order valence-electron chi connectivity index (χ1n) is 8.19. The molecule has 2 heterocycles. The number of benzene rings is 1. The predicted octanol–water partition coefficient (Wildman–Crippen LogP) is 6.50. The monoisotopic (exact) mass is 638 g/mol. The number of nitrogens with one attached hydrogen (secondary N) is 2. The largest absolute Gasteiger partial charge is 0.364 e. The maximum absolute atomic E-state index is 11.8. The average Bonchev–Trinajstić information content (AvgIpc) is 2.74. The van der Waals surface area contributed by atoms with Crippen LogP contribution in [0.25, 0.3) is 9.69 Å². The van der Waals surface area contributed by atoms with Gasteiger partial charge in [-0.1, -0.05) is 34.7 Å². The highest BCUT2D eigenvalue weighted by Crippen LogP contribution is 2.30. The van der Waals surface area contributed by atoms with Gasteiger partial charge in [0.25, 0.3) is 5.91 Å². The number of carbonyl (C=O) groups excluding carboxylic acids is 1. The van der Waals surface area contributed by atoms with E-state index in [2.05, 4.69) is 84.7 Å². The van der Waals surface area contributed by atoms with Gasteiger partial charge < -0.3 is 10.6 Å². The number of amides is 1. The molecule has 0 saturated carbocycles. The number of rotatable bonds is 3. The molecule has 0 unspecified atom stereocenters. The lowest BCUT2D eigenvalue weighted by Crippen LogP contribution is -2.19. The van der Waals surface area contributed by atoms with Gasteiger partial charge in [-0.15, -0.1) is 0 Å². The molecule has 0 bridgehead atoms. The summed E-state index contributed by atoms with van der Waals surface area (Å²) in [5.41, 5.74) is 2.73. The zero-order valence-corrected chi connectivity index (χ0v) is 20.8. The second-order valence-electron chi connectivity index (χ2n) is 5.46. The van der Waals surface area contributed by atoms with E-state index in [1.807, 2.05) is 12.1 Å². The van der Waals surface area contributed by atoms with E-state index in [1.54, 1.807) is 37.5 Å². The smallest absolute Gasteiger partial charge is 0.253 e. The summed E-state index contributed by atoms with van der Waals surface area (Å²) in [5, 5.41) is 5.69. The number of pyridine rings is 2. The van der Waals surface area contributed by atoms with E-state index in [0.29, 0.717) is 32.9 Å². The summed E-state index contributed by atoms with van der Waals surface area (Å²) in [6, 6.07) is 10.6. The fraction of sp³-hybridized carbons (Fsp3) is 0.0500. The molecule has 0 saturated heterocycles. The molecule has 1 aromatic carbocycles. The lowest BCUT2D eigenvalue weighted by Gasteiger charge is -2.12. The van der Waals surface area contributed by atoms with Gasteiger partial charge in [0.1, 0.15) is 9.21 Å². The molecule has 0 radical (unpaired) electrons. The second kappa shape index (κ2) is 11.6. The van der Waals surface area contributed by atoms with Crippen molar-refractivity contribution >= 4 is 83.1 Å². The minimum absolute atomic E-state index is 0.189. The van der Waals surface area contributed by atoms with Crippen LogP contribution in [-0.2, 0) is 0 Å². The maximum Gasteiger partial charge on any atom is 0.253 e. The number of carbonyl (C=O) groups is 1. The van der Waals surface area contributed by atoms with Crippen molar-refractivity contribution < 1.29 is 4.79 Å². The Labute approximate surface area is 204 Å². The van der Waals surface area contributed by atoms with E-state index in [4.69, 9.17) is 13.1 Å². The summed E-state index contributed by atoms with van der Waals surface area (Å²) in [6.07, 6.45) is 3.03. The Hall–Kier alpha value is -2.54. The molecule has 0 atom stereocenters. The molecular weight excluding hydrogens is 627 g/mol. The van der Waals surface area contributed by atoms with Gasteiger partial charge in [0.15, 0.2) is 0 Å². The molecule has 3 aromatic rings. The number of halogens is 3. The van der Waals surface area contributed by atoms with Crippen molar-refractivity contribution in [2.45, 2.75) is 0 Å². The Morgan fingerprint density at radius 1 is 1.00 bits per heavy atom. The van der Waals surface area contributed by atoms with Gasteiger partial charge in [0, 0.05) is 28.7 Å². The molecule has 30 heavy (non-hydrogen) atoms. The number of hydrogen-bond donors (Lipinski definition) is 2. The van der Waals surface area contributed by atoms with Crippen molar-refractivity contribution in [3.63, 3.8) is 0 Å². The third-order valence-electron chi connectivity index (χ3n) is 3.56. The summed E-state index contributed by atoms with van der Waals surface area (Å²) >= 11 is 8.58. The van der Waals surface area contributed by atoms with Gasteiger partial charge in [-0.25, -0.2) is 9.69 Å². The summed E-state index contributed by atoms with van der Waals surface area (Å²) < 4.78 is 2.31. The van der Waals surface area contributed by atoms with E-state index in [0.717, 1.165) is 8.17 Å². The van der Waals surface area contributed by atoms with Crippen LogP contribution in [0.3, 0.4) is 0 Å². The Kier molecular flexibility index (Phi) is 9.17. The van der Waals surface area contributed by atoms with Crippen molar-refractivity contribution in [2.24, 2.45) is 0 Å². The van der Waals surface area contributed by atoms with Crippen LogP contribution in [0.15, 0.2) is 58.0 Å². The Bertz CT molecular complexity index is 1160. The van der Waals surface area contributed by atoms with E-state index in [-0.39, 0.29) is 5.91 Å². The number of aromatic nitrogens is 2. The molecule has 1 amide bonds. The van der Waals surface area contributed by atoms with E-state index < -0.39 is 0 Å². The second-order valence-corrected chi connectivity index (χ2v) is 8.24. The van der Waals surface area contributed by atoms with E-state index in [1.165, 1.54) is 6.20 Å². The van der Waals surface area contributed by atoms with Crippen LogP contribution in [-0.4, -0.2) is 22.9 Å². The number of anilines is 2. The molecule has 2 aromatic heterocycles. The normalized spacial score (nSPS) is 9.40. The molecule has 10 heteroatoms. The van der Waals surface area contributed by atoms with Gasteiger partial charge in [-0.3, -0.25) is 14.8 Å². The molecular formula is C20H13Br2IN6O. The van der Waals surface area contributed by atoms with Gasteiger partial charge in [-0.05, 0) is 56.1 Å². The van der Waals surface area contributed by atoms with Gasteiger partial charge in [0.05, 0.1) is 24.4 Å². The minimum atomic E-state index is -0.189. The Morgan fingerprint density at radius 2 is 1.60 bits per heavy atom. The molecule has 0 spiro atoms. The lowest BCUT2D eigenvalue weighted by molar-refractivity contribution is 0.0964. The molecule has 150 valence electrons. The van der Waals surface area contributed by atoms with E-state index in [9.17, 15) is 4.79 Å². The summed E-state index contributed by atoms with van der Waals surface area (Å²) in [7, 11) is 1.58. The van der Waals surface area contributed by atoms with Gasteiger partial charge in [0.2, 0.25) is 11.4 Å². The SMILES string of the molecule is [C-]#[N+]c1cnc(Br)cc1I.[C-]#[N+]c1cnc(Br)cc1Nc1ccccc1C(=O)NC. The molecule has 2 N–H and O–H groups in total. The lowest BCUT2D eigenvalue weighted by atomic mass is 10.1. The van der Waals surface area contributed by atoms with Crippen LogP contribution in [0.1, 0.15) is 10.4 Å². The maximum atomic E-state index is 11.8. The molecule has 7 nitrogen and oxygen atoms in total. The highest BCUT2D eigenvalue weighted by molar-refractivity contribution is 14.1. The quantitative estimate of drug-likeness (QED) is 0.195. The van der Waals surface area contributed by atoms with Gasteiger partial charge >= 0.3 is 0 Å². The molecule has 0 fully saturated rings. The minimum Gasteiger partial charge on any atom is -0.364 e. The topological polar surface area (TPSA) is 75.6 Å². The number of hydrogen-bond acceptors (Lipinski definition) is 4. The summed E-state index contributed by atoms with van der Waals surface area (Å²) in [5.74, 6) is -0.189. The zero-order chi connectivity index (χ0) is 22.1. The third kappa shape index (κ3) is 6.49. The predicted molar refractivity (Wildman–Crippen MR) is 132 cm³/mol. The standard InChI is InChI=1S/C14H11BrN4O.C6H2BrIN2/c1-16-12-8-18-13(15)7-11(12)19-10-6-4-3-5-9(10)14(20)17-2;1-9-5-3-10-6(7)2-4(5)8/h3-8H,2H3,(H,17,20)(H,18,19);2-3H. The fourth-order valence-corrected chi connectivity index (χ4v) is 3.81. The molecule has 0 aliphatic rings. The van der Waals surface area contributed by atoms with Crippen molar-refractivity contribution in [1.29, 1.82) is 0 Å². The fourth-order valence-electron chi connectivity index (χ4n) is 2.16. The van der Waals surface area contributed by atoms with E-state index >= 15 is 0 Å². The number of para-hydroxylation sites is 1. The number of nitrogens with zero attached hydrogens (tertiary/aromatic N) is 4. The molecule has 3 rings (SSSR count). The van der Waals surface area contributed by atoms with Crippen molar-refractivity contribution in [3.8, 4) is 0 Å². The highest BCUT2D eigenvalue weighted by atomic mass is 127. The van der Waals surface area contributed by atoms with Crippen LogP contribution >= 0.6 is 54.5 Å². The van der Waals surface area contributed by atoms with Crippen molar-refractivity contribution in [2.75, 3.05) is 12.4 Å². The first kappa shape index (κ1) is 23.7. The van der Waals surface area contributed by atoms with Crippen LogP contribution in [0, 0.1) is 16.7 Å². The first-order valence-corrected chi connectivity index (χ1v) is 10.9.